The zero-order valence-corrected chi connectivity index (χ0v) is 42.8. The van der Waals surface area contributed by atoms with Gasteiger partial charge >= 0.3 is 5.97 Å². The van der Waals surface area contributed by atoms with Crippen molar-refractivity contribution in [3.8, 4) is 0 Å². The lowest BCUT2D eigenvalue weighted by Crippen LogP contribution is -2.37. The van der Waals surface area contributed by atoms with Gasteiger partial charge in [-0.25, -0.2) is 0 Å². The highest BCUT2D eigenvalue weighted by Crippen LogP contribution is 2.38. The molecular formula is C55H98NO7P. The lowest BCUT2D eigenvalue weighted by atomic mass is 10.0. The molecule has 0 N–H and O–H groups in total. The van der Waals surface area contributed by atoms with Crippen molar-refractivity contribution in [1.82, 2.24) is 0 Å². The number of phosphoric acid groups is 1. The summed E-state index contributed by atoms with van der Waals surface area (Å²) in [5, 5.41) is 0. The molecule has 0 aromatic rings. The van der Waals surface area contributed by atoms with Gasteiger partial charge in [0.25, 0.3) is 7.82 Å². The van der Waals surface area contributed by atoms with Gasteiger partial charge in [-0.05, 0) is 70.6 Å². The molecule has 0 spiro atoms. The van der Waals surface area contributed by atoms with Crippen LogP contribution in [0.25, 0.3) is 0 Å². The number of quaternary nitrogens is 1. The summed E-state index contributed by atoms with van der Waals surface area (Å²) in [6.07, 6.45) is 63.2. The third-order valence-corrected chi connectivity index (χ3v) is 11.7. The van der Waals surface area contributed by atoms with Crippen LogP contribution in [-0.4, -0.2) is 70.7 Å². The highest BCUT2D eigenvalue weighted by atomic mass is 31.2. The number of unbranched alkanes of at least 4 members (excludes halogenated alkanes) is 19. The average Bonchev–Trinajstić information content (AvgIpc) is 3.25. The SMILES string of the molecule is CC/C=C\C/C=C\C/C=C\C/C=C\C/C=C\C/C=C\C/C=C\CCCCCC(=O)OC(COCCCCCCCCCCCCCCCCCCC)COP(=O)([O-])OCC[N+](C)(C)C. The van der Waals surface area contributed by atoms with Crippen molar-refractivity contribution >= 4 is 13.8 Å². The van der Waals surface area contributed by atoms with Crippen LogP contribution >= 0.6 is 7.82 Å². The van der Waals surface area contributed by atoms with Crippen LogP contribution in [0.4, 0.5) is 0 Å². The molecule has 0 aliphatic carbocycles. The third kappa shape index (κ3) is 50.7. The summed E-state index contributed by atoms with van der Waals surface area (Å²) in [4.78, 5) is 25.2. The highest BCUT2D eigenvalue weighted by molar-refractivity contribution is 7.45. The molecule has 0 heterocycles. The maximum Gasteiger partial charge on any atom is 0.306 e. The van der Waals surface area contributed by atoms with E-state index < -0.39 is 13.9 Å². The van der Waals surface area contributed by atoms with Gasteiger partial charge in [0.1, 0.15) is 19.3 Å². The number of carbonyl (C=O) groups is 1. The number of hydrogen-bond acceptors (Lipinski definition) is 7. The van der Waals surface area contributed by atoms with Gasteiger partial charge in [-0.3, -0.25) is 9.36 Å². The van der Waals surface area contributed by atoms with Gasteiger partial charge in [0.2, 0.25) is 0 Å². The molecule has 0 aromatic heterocycles. The second kappa shape index (κ2) is 47.2. The van der Waals surface area contributed by atoms with Crippen molar-refractivity contribution in [1.29, 1.82) is 0 Å². The molecule has 0 aromatic carbocycles. The number of allylic oxidation sites excluding steroid dienone is 14. The van der Waals surface area contributed by atoms with E-state index in [0.29, 0.717) is 24.1 Å². The van der Waals surface area contributed by atoms with Gasteiger partial charge in [-0.1, -0.05) is 208 Å². The normalized spacial score (nSPS) is 14.3. The number of likely N-dealkylation sites (N-methyl/N-ethyl adjacent to an activating group) is 1. The Bertz CT molecular complexity index is 1300. The van der Waals surface area contributed by atoms with E-state index >= 15 is 0 Å². The standard InChI is InChI=1S/C55H98NO7P/c1-6-8-10-12-14-16-18-20-22-24-25-26-27-28-29-30-31-32-34-36-38-40-42-44-46-48-55(57)63-54(53-62-64(58,59)61-51-49-56(3,4)5)52-60-50-47-45-43-41-39-37-35-33-23-21-19-17-15-13-11-9-7-2/h8,10,14,16,20,22,25-26,28-29,31-32,36,38,54H,6-7,9,11-13,15,17-19,21,23-24,27,30,33-35,37,39-53H2,1-5H3/b10-8-,16-14-,22-20-,26-25-,29-28-,32-31-,38-36-. The highest BCUT2D eigenvalue weighted by Gasteiger charge is 2.20. The molecule has 8 nitrogen and oxygen atoms in total. The average molecular weight is 916 g/mol. The van der Waals surface area contributed by atoms with Crippen LogP contribution < -0.4 is 4.89 Å². The summed E-state index contributed by atoms with van der Waals surface area (Å²) in [6.45, 7) is 5.26. The molecule has 0 aliphatic rings. The van der Waals surface area contributed by atoms with Crippen LogP contribution in [0.5, 0.6) is 0 Å². The Morgan fingerprint density at radius 1 is 0.500 bits per heavy atom. The molecule has 2 atom stereocenters. The molecule has 0 radical (unpaired) electrons. The number of rotatable bonds is 47. The van der Waals surface area contributed by atoms with Gasteiger partial charge in [0, 0.05) is 13.0 Å². The van der Waals surface area contributed by atoms with Gasteiger partial charge in [-0.15, -0.1) is 0 Å². The van der Waals surface area contributed by atoms with Crippen molar-refractivity contribution in [2.75, 3.05) is 54.1 Å². The predicted octanol–water partition coefficient (Wildman–Crippen LogP) is 15.4. The Kier molecular flexibility index (Phi) is 45.5. The third-order valence-electron chi connectivity index (χ3n) is 10.7. The van der Waals surface area contributed by atoms with E-state index in [4.69, 9.17) is 18.5 Å². The predicted molar refractivity (Wildman–Crippen MR) is 272 cm³/mol. The number of hydrogen-bond donors (Lipinski definition) is 0. The van der Waals surface area contributed by atoms with Gasteiger partial charge < -0.3 is 27.9 Å². The number of esters is 1. The quantitative estimate of drug-likeness (QED) is 0.0197. The van der Waals surface area contributed by atoms with Crippen molar-refractivity contribution in [3.63, 3.8) is 0 Å². The summed E-state index contributed by atoms with van der Waals surface area (Å²) in [5.74, 6) is -0.366. The van der Waals surface area contributed by atoms with E-state index in [2.05, 4.69) is 98.9 Å². The molecule has 0 fully saturated rings. The molecule has 0 saturated carbocycles. The van der Waals surface area contributed by atoms with Crippen LogP contribution in [0, 0.1) is 0 Å². The second-order valence-electron chi connectivity index (χ2n) is 18.2. The van der Waals surface area contributed by atoms with E-state index in [0.717, 1.165) is 77.0 Å². The minimum absolute atomic E-state index is 0.0161. The number of ether oxygens (including phenoxy) is 2. The second-order valence-corrected chi connectivity index (χ2v) is 19.6. The molecule has 0 rings (SSSR count). The molecule has 0 amide bonds. The molecule has 0 bridgehead atoms. The maximum atomic E-state index is 12.7. The largest absolute Gasteiger partial charge is 0.756 e. The summed E-state index contributed by atoms with van der Waals surface area (Å²) in [6, 6.07) is 0. The zero-order valence-electron chi connectivity index (χ0n) is 42.0. The van der Waals surface area contributed by atoms with Gasteiger partial charge in [-0.2, -0.15) is 0 Å². The molecule has 64 heavy (non-hydrogen) atoms. The van der Waals surface area contributed by atoms with Crippen LogP contribution in [0.2, 0.25) is 0 Å². The maximum absolute atomic E-state index is 12.7. The summed E-state index contributed by atoms with van der Waals surface area (Å²) < 4.78 is 34.7. The van der Waals surface area contributed by atoms with Crippen molar-refractivity contribution in [2.24, 2.45) is 0 Å². The fourth-order valence-corrected chi connectivity index (χ4v) is 7.49. The van der Waals surface area contributed by atoms with Crippen LogP contribution in [0.1, 0.15) is 200 Å². The number of carbonyl (C=O) groups excluding carboxylic acids is 1. The lowest BCUT2D eigenvalue weighted by Gasteiger charge is -2.28. The molecule has 0 saturated heterocycles. The first-order valence-electron chi connectivity index (χ1n) is 25.8. The first kappa shape index (κ1) is 61.7. The topological polar surface area (TPSA) is 94.1 Å². The minimum atomic E-state index is -4.54. The van der Waals surface area contributed by atoms with Crippen molar-refractivity contribution < 1.29 is 37.3 Å². The van der Waals surface area contributed by atoms with E-state index in [1.165, 1.54) is 96.3 Å². The Labute approximate surface area is 395 Å². The molecule has 0 aliphatic heterocycles. The van der Waals surface area contributed by atoms with E-state index in [1.54, 1.807) is 0 Å². The first-order chi connectivity index (χ1) is 31.1. The summed E-state index contributed by atoms with van der Waals surface area (Å²) >= 11 is 0. The Hall–Kier alpha value is -2.32. The van der Waals surface area contributed by atoms with E-state index in [1.807, 2.05) is 21.1 Å². The smallest absolute Gasteiger partial charge is 0.306 e. The summed E-state index contributed by atoms with van der Waals surface area (Å²) in [7, 11) is 1.33. The van der Waals surface area contributed by atoms with Crippen LogP contribution in [-0.2, 0) is 27.9 Å². The van der Waals surface area contributed by atoms with E-state index in [-0.39, 0.29) is 32.2 Å². The Morgan fingerprint density at radius 2 is 0.906 bits per heavy atom. The Morgan fingerprint density at radius 3 is 1.34 bits per heavy atom. The van der Waals surface area contributed by atoms with Crippen LogP contribution in [0.15, 0.2) is 85.1 Å². The molecule has 370 valence electrons. The monoisotopic (exact) mass is 916 g/mol. The lowest BCUT2D eigenvalue weighted by molar-refractivity contribution is -0.870. The minimum Gasteiger partial charge on any atom is -0.756 e. The van der Waals surface area contributed by atoms with Crippen molar-refractivity contribution in [2.45, 2.75) is 206 Å². The Balaban J connectivity index is 4.24. The fourth-order valence-electron chi connectivity index (χ4n) is 6.76. The van der Waals surface area contributed by atoms with E-state index in [9.17, 15) is 14.3 Å². The number of phosphoric ester groups is 1. The fraction of sp³-hybridized carbons (Fsp3) is 0.727. The van der Waals surface area contributed by atoms with Crippen LogP contribution in [0.3, 0.4) is 0 Å². The number of nitrogens with zero attached hydrogens (tertiary/aromatic N) is 1. The van der Waals surface area contributed by atoms with Crippen molar-refractivity contribution in [3.05, 3.63) is 85.1 Å². The zero-order chi connectivity index (χ0) is 46.9. The first-order valence-corrected chi connectivity index (χ1v) is 27.3. The summed E-state index contributed by atoms with van der Waals surface area (Å²) in [5.41, 5.74) is 0. The van der Waals surface area contributed by atoms with Gasteiger partial charge in [0.05, 0.1) is 34.4 Å². The molecular weight excluding hydrogens is 818 g/mol. The molecule has 9 heteroatoms. The van der Waals surface area contributed by atoms with Gasteiger partial charge in [0.15, 0.2) is 0 Å². The molecule has 2 unspecified atom stereocenters.